The Labute approximate surface area is 395 Å². The molecule has 13 rings (SSSR count). The number of anilines is 2. The van der Waals surface area contributed by atoms with Crippen LogP contribution in [0.25, 0.3) is 95.7 Å². The smallest absolute Gasteiger partial charge is 0.164 e. The summed E-state index contributed by atoms with van der Waals surface area (Å²) >= 11 is 0. The van der Waals surface area contributed by atoms with Crippen LogP contribution in [0.3, 0.4) is 0 Å². The number of fused-ring (bicyclic) bond motifs is 7. The van der Waals surface area contributed by atoms with Crippen molar-refractivity contribution >= 4 is 28.4 Å². The third-order valence-electron chi connectivity index (χ3n) is 13.5. The second-order valence-electron chi connectivity index (χ2n) is 17.5. The molecule has 0 bridgehead atoms. The van der Waals surface area contributed by atoms with E-state index >= 15 is 0 Å². The molecule has 2 aromatic heterocycles. The highest BCUT2D eigenvalue weighted by Crippen LogP contribution is 2.54. The molecule has 0 N–H and O–H groups in total. The van der Waals surface area contributed by atoms with Crippen molar-refractivity contribution in [2.75, 3.05) is 4.90 Å². The maximum atomic E-state index is 6.67. The van der Waals surface area contributed by atoms with E-state index in [2.05, 4.69) is 235 Å². The van der Waals surface area contributed by atoms with E-state index in [9.17, 15) is 0 Å². The van der Waals surface area contributed by atoms with E-state index in [0.29, 0.717) is 17.5 Å². The molecule has 11 aromatic rings. The Morgan fingerprint density at radius 2 is 0.809 bits per heavy atom. The van der Waals surface area contributed by atoms with Crippen molar-refractivity contribution in [3.05, 3.63) is 253 Å². The molecule has 2 aliphatic rings. The molecule has 2 unspecified atom stereocenters. The largest absolute Gasteiger partial charge is 0.456 e. The highest BCUT2D eigenvalue weighted by atomic mass is 16.3. The van der Waals surface area contributed by atoms with E-state index in [1.165, 1.54) is 39.1 Å². The Morgan fingerprint density at radius 1 is 0.368 bits per heavy atom. The predicted molar refractivity (Wildman–Crippen MR) is 277 cm³/mol. The van der Waals surface area contributed by atoms with E-state index < -0.39 is 0 Å². The Kier molecular flexibility index (Phi) is 9.57. The van der Waals surface area contributed by atoms with Crippen LogP contribution < -0.4 is 4.90 Å². The van der Waals surface area contributed by atoms with Gasteiger partial charge in [0.15, 0.2) is 17.5 Å². The normalized spacial score (nSPS) is 14.7. The molecule has 3 heterocycles. The Hall–Kier alpha value is -8.93. The number of nitrogens with zero attached hydrogens (tertiary/aromatic N) is 4. The number of rotatable bonds is 8. The second-order valence-corrected chi connectivity index (χ2v) is 17.5. The molecule has 0 saturated heterocycles. The van der Waals surface area contributed by atoms with Gasteiger partial charge in [0.25, 0.3) is 0 Å². The standard InChI is InChI=1S/C63H42N4O/c1-4-13-41(14-5-1)44-23-27-47(28-24-44)61-64-62(48-29-25-45(26-30-48)42-15-6-2-7-16-42)66-63(65-61)51-33-37-57-54(40-51)60-58(68-57)38-36-56-59(60)53-21-10-11-22-55(53)67(56)52-34-31-46(32-35-52)50-20-12-19-49(39-50)43-17-8-3-9-18-43/h1-40,56,59H. The lowest BCUT2D eigenvalue weighted by atomic mass is 9.82. The van der Waals surface area contributed by atoms with Crippen molar-refractivity contribution in [1.29, 1.82) is 0 Å². The van der Waals surface area contributed by atoms with Gasteiger partial charge in [0, 0.05) is 44.9 Å². The first-order valence-electron chi connectivity index (χ1n) is 23.2. The third kappa shape index (κ3) is 7.00. The van der Waals surface area contributed by atoms with Gasteiger partial charge >= 0.3 is 0 Å². The molecule has 0 saturated carbocycles. The number of hydrogen-bond acceptors (Lipinski definition) is 5. The highest BCUT2D eigenvalue weighted by molar-refractivity contribution is 5.93. The maximum absolute atomic E-state index is 6.67. The molecule has 68 heavy (non-hydrogen) atoms. The molecule has 0 radical (unpaired) electrons. The van der Waals surface area contributed by atoms with Crippen molar-refractivity contribution in [3.63, 3.8) is 0 Å². The molecular formula is C63H42N4O. The molecule has 1 aliphatic carbocycles. The van der Waals surface area contributed by atoms with Gasteiger partial charge in [-0.05, 0) is 98.6 Å². The fourth-order valence-electron chi connectivity index (χ4n) is 10.2. The van der Waals surface area contributed by atoms with Crippen molar-refractivity contribution in [3.8, 4) is 78.7 Å². The maximum Gasteiger partial charge on any atom is 0.164 e. The first-order valence-corrected chi connectivity index (χ1v) is 23.2. The van der Waals surface area contributed by atoms with Gasteiger partial charge in [-0.1, -0.05) is 194 Å². The first-order chi connectivity index (χ1) is 33.7. The number of hydrogen-bond donors (Lipinski definition) is 0. The van der Waals surface area contributed by atoms with E-state index in [0.717, 1.165) is 61.4 Å². The summed E-state index contributed by atoms with van der Waals surface area (Å²) in [7, 11) is 0. The lowest BCUT2D eigenvalue weighted by Gasteiger charge is -2.30. The second kappa shape index (κ2) is 16.5. The summed E-state index contributed by atoms with van der Waals surface area (Å²) < 4.78 is 6.67. The third-order valence-corrected chi connectivity index (χ3v) is 13.5. The Morgan fingerprint density at radius 3 is 1.40 bits per heavy atom. The van der Waals surface area contributed by atoms with Crippen LogP contribution >= 0.6 is 0 Å². The average molecular weight is 871 g/mol. The van der Waals surface area contributed by atoms with Crippen molar-refractivity contribution in [2.45, 2.75) is 12.0 Å². The fourth-order valence-corrected chi connectivity index (χ4v) is 10.2. The summed E-state index contributed by atoms with van der Waals surface area (Å²) in [6, 6.07) is 81.4. The quantitative estimate of drug-likeness (QED) is 0.152. The van der Waals surface area contributed by atoms with Gasteiger partial charge in [-0.3, -0.25) is 0 Å². The molecule has 5 heteroatoms. The molecule has 1 aliphatic heterocycles. The van der Waals surface area contributed by atoms with E-state index in [1.807, 2.05) is 12.1 Å². The molecule has 0 fully saturated rings. The number of aromatic nitrogens is 3. The zero-order chi connectivity index (χ0) is 45.0. The van der Waals surface area contributed by atoms with Gasteiger partial charge in [-0.25, -0.2) is 15.0 Å². The number of benzene rings is 9. The van der Waals surface area contributed by atoms with Crippen LogP contribution in [0.4, 0.5) is 11.4 Å². The molecule has 9 aromatic carbocycles. The predicted octanol–water partition coefficient (Wildman–Crippen LogP) is 16.0. The average Bonchev–Trinajstić information content (AvgIpc) is 3.97. The minimum atomic E-state index is 0.0423. The monoisotopic (exact) mass is 870 g/mol. The van der Waals surface area contributed by atoms with E-state index in [-0.39, 0.29) is 12.0 Å². The van der Waals surface area contributed by atoms with Crippen LogP contribution in [-0.4, -0.2) is 21.0 Å². The van der Waals surface area contributed by atoms with E-state index in [4.69, 9.17) is 19.4 Å². The summed E-state index contributed by atoms with van der Waals surface area (Å²) in [6.07, 6.45) is 4.47. The molecule has 2 atom stereocenters. The first kappa shape index (κ1) is 39.4. The van der Waals surface area contributed by atoms with Crippen molar-refractivity contribution in [2.24, 2.45) is 0 Å². The van der Waals surface area contributed by atoms with Crippen LogP contribution in [0.5, 0.6) is 0 Å². The molecule has 0 spiro atoms. The lowest BCUT2D eigenvalue weighted by Crippen LogP contribution is -2.30. The van der Waals surface area contributed by atoms with Crippen LogP contribution in [0.2, 0.25) is 0 Å². The minimum absolute atomic E-state index is 0.0423. The topological polar surface area (TPSA) is 55.1 Å². The van der Waals surface area contributed by atoms with Crippen molar-refractivity contribution in [1.82, 2.24) is 15.0 Å². The lowest BCUT2D eigenvalue weighted by molar-refractivity contribution is 0.584. The van der Waals surface area contributed by atoms with Crippen LogP contribution in [-0.2, 0) is 0 Å². The van der Waals surface area contributed by atoms with E-state index in [1.54, 1.807) is 0 Å². The van der Waals surface area contributed by atoms with Crippen LogP contribution in [0.1, 0.15) is 22.8 Å². The molecule has 0 amide bonds. The van der Waals surface area contributed by atoms with Gasteiger partial charge < -0.3 is 9.32 Å². The van der Waals surface area contributed by atoms with Crippen LogP contribution in [0, 0.1) is 0 Å². The van der Waals surface area contributed by atoms with Gasteiger partial charge in [-0.2, -0.15) is 0 Å². The van der Waals surface area contributed by atoms with Crippen LogP contribution in [0.15, 0.2) is 241 Å². The summed E-state index contributed by atoms with van der Waals surface area (Å²) in [4.78, 5) is 18.0. The van der Waals surface area contributed by atoms with Crippen molar-refractivity contribution < 1.29 is 4.42 Å². The highest BCUT2D eigenvalue weighted by Gasteiger charge is 2.43. The summed E-state index contributed by atoms with van der Waals surface area (Å²) in [5.74, 6) is 2.76. The molecule has 5 nitrogen and oxygen atoms in total. The fraction of sp³-hybridized carbons (Fsp3) is 0.0317. The summed E-state index contributed by atoms with van der Waals surface area (Å²) in [5.41, 5.74) is 17.8. The van der Waals surface area contributed by atoms with Gasteiger partial charge in [0.1, 0.15) is 11.3 Å². The Balaban J connectivity index is 0.878. The van der Waals surface area contributed by atoms with Gasteiger partial charge in [-0.15, -0.1) is 0 Å². The summed E-state index contributed by atoms with van der Waals surface area (Å²) in [5, 5.41) is 1.06. The zero-order valence-electron chi connectivity index (χ0n) is 36.9. The van der Waals surface area contributed by atoms with Gasteiger partial charge in [0.2, 0.25) is 0 Å². The SMILES string of the molecule is C1=CC2C(c3ccccc3N2c2ccc(-c3cccc(-c4ccccc4)c3)cc2)c2c1oc1ccc(-c3nc(-c4ccc(-c5ccccc5)cc4)nc(-c4ccc(-c5ccccc5)cc4)n3)cc21. The van der Waals surface area contributed by atoms with Gasteiger partial charge in [0.05, 0.1) is 6.04 Å². The minimum Gasteiger partial charge on any atom is -0.456 e. The summed E-state index contributed by atoms with van der Waals surface area (Å²) in [6.45, 7) is 0. The molecule has 320 valence electrons. The number of para-hydroxylation sites is 1. The molecular weight excluding hydrogens is 829 g/mol. The number of furan rings is 1. The zero-order valence-corrected chi connectivity index (χ0v) is 36.9. The Bertz CT molecular complexity index is 3560.